The Kier molecular flexibility index (Phi) is 2.60. The average Bonchev–Trinajstić information content (AvgIpc) is 2.80. The van der Waals surface area contributed by atoms with Gasteiger partial charge in [-0.2, -0.15) is 0 Å². The molecule has 14 heavy (non-hydrogen) atoms. The van der Waals surface area contributed by atoms with Crippen molar-refractivity contribution < 1.29 is 4.74 Å². The molecule has 0 spiro atoms. The Morgan fingerprint density at radius 2 is 2.36 bits per heavy atom. The molecule has 0 fully saturated rings. The number of H-pyrrole nitrogens is 1. The topological polar surface area (TPSA) is 55.7 Å². The molecule has 74 valence electrons. The van der Waals surface area contributed by atoms with Crippen molar-refractivity contribution in [1.82, 2.24) is 19.5 Å². The maximum absolute atomic E-state index is 5.03. The van der Waals surface area contributed by atoms with Crippen LogP contribution >= 0.6 is 0 Å². The Balaban J connectivity index is 2.12. The molecule has 2 aromatic rings. The summed E-state index contributed by atoms with van der Waals surface area (Å²) in [5, 5.41) is 0. The number of aromatic nitrogens is 4. The van der Waals surface area contributed by atoms with Gasteiger partial charge >= 0.3 is 0 Å². The molecular formula is C9H12N4O. The largest absolute Gasteiger partial charge is 0.377 e. The number of methoxy groups -OCH3 is 1. The highest BCUT2D eigenvalue weighted by Gasteiger charge is 2.03. The van der Waals surface area contributed by atoms with Crippen molar-refractivity contribution in [2.75, 3.05) is 7.11 Å². The summed E-state index contributed by atoms with van der Waals surface area (Å²) in [5.74, 6) is 1.82. The Hall–Kier alpha value is -1.62. The zero-order valence-electron chi connectivity index (χ0n) is 7.97. The first-order valence-corrected chi connectivity index (χ1v) is 4.37. The normalized spacial score (nSPS) is 10.6. The SMILES string of the molecule is COCc1nccn1Cc1ncc[nH]1. The van der Waals surface area contributed by atoms with Gasteiger partial charge in [0.1, 0.15) is 18.3 Å². The van der Waals surface area contributed by atoms with E-state index in [0.29, 0.717) is 13.2 Å². The van der Waals surface area contributed by atoms with Crippen molar-refractivity contribution in [3.05, 3.63) is 36.4 Å². The van der Waals surface area contributed by atoms with Crippen LogP contribution in [0.15, 0.2) is 24.8 Å². The highest BCUT2D eigenvalue weighted by molar-refractivity contribution is 4.96. The Labute approximate surface area is 81.8 Å². The van der Waals surface area contributed by atoms with Gasteiger partial charge in [-0.15, -0.1) is 0 Å². The number of aromatic amines is 1. The van der Waals surface area contributed by atoms with Crippen LogP contribution in [0.2, 0.25) is 0 Å². The van der Waals surface area contributed by atoms with Crippen LogP contribution in [-0.4, -0.2) is 26.6 Å². The summed E-state index contributed by atoms with van der Waals surface area (Å²) >= 11 is 0. The molecule has 0 aromatic carbocycles. The minimum atomic E-state index is 0.522. The molecular weight excluding hydrogens is 180 g/mol. The number of hydrogen-bond donors (Lipinski definition) is 1. The predicted molar refractivity (Wildman–Crippen MR) is 50.6 cm³/mol. The van der Waals surface area contributed by atoms with Crippen LogP contribution < -0.4 is 0 Å². The number of imidazole rings is 2. The molecule has 0 saturated carbocycles. The number of nitrogens with zero attached hydrogens (tertiary/aromatic N) is 3. The molecule has 0 saturated heterocycles. The molecule has 2 aromatic heterocycles. The highest BCUT2D eigenvalue weighted by atomic mass is 16.5. The average molecular weight is 192 g/mol. The molecule has 2 rings (SSSR count). The fourth-order valence-electron chi connectivity index (χ4n) is 1.30. The molecule has 2 heterocycles. The summed E-state index contributed by atoms with van der Waals surface area (Å²) in [6.45, 7) is 1.22. The molecule has 5 nitrogen and oxygen atoms in total. The van der Waals surface area contributed by atoms with Gasteiger partial charge in [0.25, 0.3) is 0 Å². The fraction of sp³-hybridized carbons (Fsp3) is 0.333. The van der Waals surface area contributed by atoms with E-state index >= 15 is 0 Å². The van der Waals surface area contributed by atoms with Crippen LogP contribution in [0.25, 0.3) is 0 Å². The Morgan fingerprint density at radius 3 is 3.07 bits per heavy atom. The number of nitrogens with one attached hydrogen (secondary N) is 1. The van der Waals surface area contributed by atoms with Crippen molar-refractivity contribution in [2.45, 2.75) is 13.2 Å². The summed E-state index contributed by atoms with van der Waals surface area (Å²) in [6.07, 6.45) is 7.22. The smallest absolute Gasteiger partial charge is 0.135 e. The van der Waals surface area contributed by atoms with Crippen LogP contribution in [0.5, 0.6) is 0 Å². The molecule has 0 unspecified atom stereocenters. The monoisotopic (exact) mass is 192 g/mol. The minimum absolute atomic E-state index is 0.522. The second kappa shape index (κ2) is 4.06. The maximum atomic E-state index is 5.03. The Bertz CT molecular complexity index is 379. The van der Waals surface area contributed by atoms with Gasteiger partial charge in [0.2, 0.25) is 0 Å². The zero-order valence-corrected chi connectivity index (χ0v) is 7.97. The predicted octanol–water partition coefficient (Wildman–Crippen LogP) is 0.801. The van der Waals surface area contributed by atoms with E-state index < -0.39 is 0 Å². The van der Waals surface area contributed by atoms with Crippen molar-refractivity contribution in [1.29, 1.82) is 0 Å². The van der Waals surface area contributed by atoms with Crippen LogP contribution in [0.3, 0.4) is 0 Å². The highest BCUT2D eigenvalue weighted by Crippen LogP contribution is 2.02. The first-order valence-electron chi connectivity index (χ1n) is 4.37. The van der Waals surface area contributed by atoms with Crippen LogP contribution in [0, 0.1) is 0 Å². The van der Waals surface area contributed by atoms with Crippen molar-refractivity contribution in [2.24, 2.45) is 0 Å². The van der Waals surface area contributed by atoms with Crippen molar-refractivity contribution >= 4 is 0 Å². The van der Waals surface area contributed by atoms with E-state index in [2.05, 4.69) is 15.0 Å². The van der Waals surface area contributed by atoms with Crippen molar-refractivity contribution in [3.63, 3.8) is 0 Å². The first kappa shape index (κ1) is 8.96. The summed E-state index contributed by atoms with van der Waals surface area (Å²) in [5.41, 5.74) is 0. The molecule has 0 aliphatic carbocycles. The van der Waals surface area contributed by atoms with E-state index in [-0.39, 0.29) is 0 Å². The van der Waals surface area contributed by atoms with Gasteiger partial charge in [0.05, 0.1) is 6.54 Å². The van der Waals surface area contributed by atoms with E-state index in [4.69, 9.17) is 4.74 Å². The molecule has 1 N–H and O–H groups in total. The lowest BCUT2D eigenvalue weighted by Crippen LogP contribution is -2.06. The van der Waals surface area contributed by atoms with Gasteiger partial charge in [-0.25, -0.2) is 9.97 Å². The summed E-state index contributed by atoms with van der Waals surface area (Å²) in [6, 6.07) is 0. The third-order valence-corrected chi connectivity index (χ3v) is 1.95. The zero-order chi connectivity index (χ0) is 9.80. The first-order chi connectivity index (χ1) is 6.90. The lowest BCUT2D eigenvalue weighted by Gasteiger charge is -2.04. The lowest BCUT2D eigenvalue weighted by atomic mass is 10.5. The van der Waals surface area contributed by atoms with Crippen LogP contribution in [0.1, 0.15) is 11.6 Å². The molecule has 0 aliphatic heterocycles. The third-order valence-electron chi connectivity index (χ3n) is 1.95. The standard InChI is InChI=1S/C9H12N4O/c1-14-7-9-12-4-5-13(9)6-8-10-2-3-11-8/h2-5H,6-7H2,1H3,(H,10,11). The quantitative estimate of drug-likeness (QED) is 0.779. The summed E-state index contributed by atoms with van der Waals surface area (Å²) < 4.78 is 7.03. The van der Waals surface area contributed by atoms with Gasteiger partial charge in [-0.05, 0) is 0 Å². The van der Waals surface area contributed by atoms with Crippen LogP contribution in [-0.2, 0) is 17.9 Å². The Morgan fingerprint density at radius 1 is 1.43 bits per heavy atom. The van der Waals surface area contributed by atoms with Gasteiger partial charge < -0.3 is 14.3 Å². The van der Waals surface area contributed by atoms with Crippen molar-refractivity contribution in [3.8, 4) is 0 Å². The van der Waals surface area contributed by atoms with Gasteiger partial charge in [-0.1, -0.05) is 0 Å². The molecule has 0 bridgehead atoms. The number of ether oxygens (including phenoxy) is 1. The van der Waals surface area contributed by atoms with E-state index in [1.807, 2.05) is 17.0 Å². The summed E-state index contributed by atoms with van der Waals surface area (Å²) in [4.78, 5) is 11.4. The molecule has 0 aliphatic rings. The number of rotatable bonds is 4. The molecule has 0 radical (unpaired) electrons. The second-order valence-corrected chi connectivity index (χ2v) is 2.94. The van der Waals surface area contributed by atoms with Gasteiger partial charge in [0.15, 0.2) is 0 Å². The van der Waals surface area contributed by atoms with Crippen LogP contribution in [0.4, 0.5) is 0 Å². The van der Waals surface area contributed by atoms with Gasteiger partial charge in [0, 0.05) is 31.9 Å². The molecule has 0 amide bonds. The summed E-state index contributed by atoms with van der Waals surface area (Å²) in [7, 11) is 1.66. The van der Waals surface area contributed by atoms with Gasteiger partial charge in [-0.3, -0.25) is 0 Å². The minimum Gasteiger partial charge on any atom is -0.377 e. The third kappa shape index (κ3) is 1.82. The lowest BCUT2D eigenvalue weighted by molar-refractivity contribution is 0.174. The molecule has 5 heteroatoms. The second-order valence-electron chi connectivity index (χ2n) is 2.94. The fourth-order valence-corrected chi connectivity index (χ4v) is 1.30. The van der Waals surface area contributed by atoms with E-state index in [0.717, 1.165) is 11.6 Å². The van der Waals surface area contributed by atoms with E-state index in [9.17, 15) is 0 Å². The van der Waals surface area contributed by atoms with E-state index in [1.54, 1.807) is 19.5 Å². The molecule has 0 atom stereocenters. The van der Waals surface area contributed by atoms with E-state index in [1.165, 1.54) is 0 Å². The maximum Gasteiger partial charge on any atom is 0.135 e. The number of hydrogen-bond acceptors (Lipinski definition) is 3.